The summed E-state index contributed by atoms with van der Waals surface area (Å²) in [4.78, 5) is 11.8. The smallest absolute Gasteiger partial charge is 0.225 e. The first-order valence-electron chi connectivity index (χ1n) is 6.22. The van der Waals surface area contributed by atoms with E-state index in [1.54, 1.807) is 0 Å². The van der Waals surface area contributed by atoms with Gasteiger partial charge in [0.05, 0.1) is 5.92 Å². The van der Waals surface area contributed by atoms with E-state index in [-0.39, 0.29) is 11.8 Å². The van der Waals surface area contributed by atoms with Gasteiger partial charge in [0.25, 0.3) is 0 Å². The number of ether oxygens (including phenoxy) is 1. The average Bonchev–Trinajstić information content (AvgIpc) is 2.35. The molecule has 1 aliphatic heterocycles. The standard InChI is InChI=1S/C14H18BrNO2/c1-9-2-3-11(8-12(9)15)13(14(16)17)10-4-6-18-7-5-10/h2-3,8,10,13H,4-7H2,1H3,(H2,16,17). The molecule has 1 atom stereocenters. The van der Waals surface area contributed by atoms with Crippen LogP contribution in [0.3, 0.4) is 0 Å². The number of carbonyl (C=O) groups is 1. The molecule has 1 amide bonds. The van der Waals surface area contributed by atoms with E-state index < -0.39 is 0 Å². The van der Waals surface area contributed by atoms with Crippen molar-refractivity contribution in [3.8, 4) is 0 Å². The zero-order valence-electron chi connectivity index (χ0n) is 10.5. The molecule has 1 aromatic carbocycles. The third kappa shape index (κ3) is 2.93. The van der Waals surface area contributed by atoms with Gasteiger partial charge in [-0.1, -0.05) is 28.1 Å². The molecule has 1 unspecified atom stereocenters. The van der Waals surface area contributed by atoms with Gasteiger partial charge in [-0.3, -0.25) is 4.79 Å². The zero-order valence-corrected chi connectivity index (χ0v) is 12.1. The van der Waals surface area contributed by atoms with E-state index in [0.717, 1.165) is 41.7 Å². The first kappa shape index (κ1) is 13.6. The Bertz CT molecular complexity index is 441. The van der Waals surface area contributed by atoms with Crippen LogP contribution in [0.25, 0.3) is 0 Å². The molecule has 1 heterocycles. The second-order valence-corrected chi connectivity index (χ2v) is 5.69. The van der Waals surface area contributed by atoms with Crippen LogP contribution in [0, 0.1) is 12.8 Å². The lowest BCUT2D eigenvalue weighted by atomic mass is 9.80. The minimum absolute atomic E-state index is 0.203. The lowest BCUT2D eigenvalue weighted by molar-refractivity contribution is -0.121. The van der Waals surface area contributed by atoms with Gasteiger partial charge in [-0.2, -0.15) is 0 Å². The fourth-order valence-electron chi connectivity index (χ4n) is 2.52. The monoisotopic (exact) mass is 311 g/mol. The summed E-state index contributed by atoms with van der Waals surface area (Å²) < 4.78 is 6.37. The van der Waals surface area contributed by atoms with E-state index in [4.69, 9.17) is 10.5 Å². The lowest BCUT2D eigenvalue weighted by Crippen LogP contribution is -2.31. The Morgan fingerprint density at radius 1 is 1.44 bits per heavy atom. The van der Waals surface area contributed by atoms with Crippen LogP contribution in [-0.2, 0) is 9.53 Å². The number of aryl methyl sites for hydroxylation is 1. The van der Waals surface area contributed by atoms with Gasteiger partial charge in [0.2, 0.25) is 5.91 Å². The van der Waals surface area contributed by atoms with E-state index in [2.05, 4.69) is 15.9 Å². The Kier molecular flexibility index (Phi) is 4.40. The van der Waals surface area contributed by atoms with Crippen molar-refractivity contribution in [3.05, 3.63) is 33.8 Å². The number of halogens is 1. The molecule has 1 fully saturated rings. The number of primary amides is 1. The molecule has 3 nitrogen and oxygen atoms in total. The number of amides is 1. The second kappa shape index (κ2) is 5.85. The highest BCUT2D eigenvalue weighted by atomic mass is 79.9. The molecule has 98 valence electrons. The second-order valence-electron chi connectivity index (χ2n) is 4.84. The Balaban J connectivity index is 2.28. The largest absolute Gasteiger partial charge is 0.381 e. The molecule has 0 aromatic heterocycles. The zero-order chi connectivity index (χ0) is 13.1. The van der Waals surface area contributed by atoms with Gasteiger partial charge < -0.3 is 10.5 Å². The molecule has 0 saturated carbocycles. The fraction of sp³-hybridized carbons (Fsp3) is 0.500. The van der Waals surface area contributed by atoms with Crippen molar-refractivity contribution in [1.82, 2.24) is 0 Å². The maximum atomic E-state index is 11.8. The minimum atomic E-state index is -0.238. The predicted molar refractivity (Wildman–Crippen MR) is 74.4 cm³/mol. The van der Waals surface area contributed by atoms with E-state index in [0.29, 0.717) is 5.92 Å². The van der Waals surface area contributed by atoms with Crippen LogP contribution < -0.4 is 5.73 Å². The minimum Gasteiger partial charge on any atom is -0.381 e. The molecular weight excluding hydrogens is 294 g/mol. The third-order valence-corrected chi connectivity index (χ3v) is 4.45. The molecule has 0 spiro atoms. The molecule has 1 aliphatic rings. The molecule has 1 aromatic rings. The normalized spacial score (nSPS) is 18.6. The summed E-state index contributed by atoms with van der Waals surface area (Å²) >= 11 is 3.51. The third-order valence-electron chi connectivity index (χ3n) is 3.60. The molecule has 4 heteroatoms. The first-order valence-corrected chi connectivity index (χ1v) is 7.02. The summed E-state index contributed by atoms with van der Waals surface area (Å²) in [5, 5.41) is 0. The van der Waals surface area contributed by atoms with Crippen LogP contribution in [0.1, 0.15) is 29.9 Å². The maximum Gasteiger partial charge on any atom is 0.225 e. The van der Waals surface area contributed by atoms with Gasteiger partial charge in [-0.05, 0) is 42.9 Å². The number of hydrogen-bond donors (Lipinski definition) is 1. The van der Waals surface area contributed by atoms with Crippen molar-refractivity contribution in [3.63, 3.8) is 0 Å². The van der Waals surface area contributed by atoms with Gasteiger partial charge in [0.1, 0.15) is 0 Å². The molecule has 0 radical (unpaired) electrons. The van der Waals surface area contributed by atoms with Crippen molar-refractivity contribution in [2.75, 3.05) is 13.2 Å². The van der Waals surface area contributed by atoms with Crippen LogP contribution in [0.4, 0.5) is 0 Å². The van der Waals surface area contributed by atoms with Gasteiger partial charge in [-0.15, -0.1) is 0 Å². The highest BCUT2D eigenvalue weighted by molar-refractivity contribution is 9.10. The Labute approximate surface area is 116 Å². The van der Waals surface area contributed by atoms with Crippen LogP contribution >= 0.6 is 15.9 Å². The summed E-state index contributed by atoms with van der Waals surface area (Å²) in [6.45, 7) is 3.48. The maximum absolute atomic E-state index is 11.8. The van der Waals surface area contributed by atoms with E-state index in [1.165, 1.54) is 0 Å². The van der Waals surface area contributed by atoms with E-state index in [1.807, 2.05) is 25.1 Å². The summed E-state index contributed by atoms with van der Waals surface area (Å²) in [5.74, 6) is -0.144. The number of carbonyl (C=O) groups excluding carboxylic acids is 1. The molecule has 0 bridgehead atoms. The summed E-state index contributed by atoms with van der Waals surface area (Å²) in [6, 6.07) is 6.04. The number of rotatable bonds is 3. The quantitative estimate of drug-likeness (QED) is 0.933. The average molecular weight is 312 g/mol. The first-order chi connectivity index (χ1) is 8.59. The van der Waals surface area contributed by atoms with Gasteiger partial charge in [0, 0.05) is 17.7 Å². The fourth-order valence-corrected chi connectivity index (χ4v) is 2.92. The van der Waals surface area contributed by atoms with Crippen LogP contribution in [0.5, 0.6) is 0 Å². The number of benzene rings is 1. The Hall–Kier alpha value is -0.870. The highest BCUT2D eigenvalue weighted by Crippen LogP contribution is 2.33. The van der Waals surface area contributed by atoms with Gasteiger partial charge in [0.15, 0.2) is 0 Å². The number of hydrogen-bond acceptors (Lipinski definition) is 2. The summed E-state index contributed by atoms with van der Waals surface area (Å²) in [6.07, 6.45) is 1.80. The van der Waals surface area contributed by atoms with Crippen LogP contribution in [-0.4, -0.2) is 19.1 Å². The van der Waals surface area contributed by atoms with Gasteiger partial charge in [-0.25, -0.2) is 0 Å². The molecule has 2 rings (SSSR count). The topological polar surface area (TPSA) is 52.3 Å². The molecular formula is C14H18BrNO2. The molecule has 1 saturated heterocycles. The summed E-state index contributed by atoms with van der Waals surface area (Å²) in [7, 11) is 0. The SMILES string of the molecule is Cc1ccc(C(C(N)=O)C2CCOCC2)cc1Br. The van der Waals surface area contributed by atoms with Crippen molar-refractivity contribution in [2.45, 2.75) is 25.7 Å². The summed E-state index contributed by atoms with van der Waals surface area (Å²) in [5.41, 5.74) is 7.76. The molecule has 0 aliphatic carbocycles. The van der Waals surface area contributed by atoms with Crippen LogP contribution in [0.15, 0.2) is 22.7 Å². The van der Waals surface area contributed by atoms with E-state index >= 15 is 0 Å². The van der Waals surface area contributed by atoms with Crippen molar-refractivity contribution >= 4 is 21.8 Å². The van der Waals surface area contributed by atoms with Crippen molar-refractivity contribution in [1.29, 1.82) is 0 Å². The molecule has 18 heavy (non-hydrogen) atoms. The molecule has 2 N–H and O–H groups in total. The van der Waals surface area contributed by atoms with E-state index in [9.17, 15) is 4.79 Å². The Morgan fingerprint density at radius 2 is 2.11 bits per heavy atom. The predicted octanol–water partition coefficient (Wildman–Crippen LogP) is 2.75. The van der Waals surface area contributed by atoms with Crippen LogP contribution in [0.2, 0.25) is 0 Å². The lowest BCUT2D eigenvalue weighted by Gasteiger charge is -2.28. The van der Waals surface area contributed by atoms with Crippen molar-refractivity contribution in [2.24, 2.45) is 11.7 Å². The van der Waals surface area contributed by atoms with Gasteiger partial charge >= 0.3 is 0 Å². The van der Waals surface area contributed by atoms with Crippen molar-refractivity contribution < 1.29 is 9.53 Å². The Morgan fingerprint density at radius 3 is 2.67 bits per heavy atom. The number of nitrogens with two attached hydrogens (primary N) is 1. The highest BCUT2D eigenvalue weighted by Gasteiger charge is 2.29.